The lowest BCUT2D eigenvalue weighted by atomic mass is 9.98. The summed E-state index contributed by atoms with van der Waals surface area (Å²) in [5, 5.41) is 17.6. The van der Waals surface area contributed by atoms with Gasteiger partial charge in [0.25, 0.3) is 0 Å². The molecule has 1 fully saturated rings. The van der Waals surface area contributed by atoms with Gasteiger partial charge in [-0.05, 0) is 32.1 Å². The van der Waals surface area contributed by atoms with Gasteiger partial charge in [-0.1, -0.05) is 19.1 Å². The van der Waals surface area contributed by atoms with Gasteiger partial charge in [-0.15, -0.1) is 0 Å². The van der Waals surface area contributed by atoms with Crippen molar-refractivity contribution in [1.29, 1.82) is 0 Å². The molecule has 2 N–H and O–H groups in total. The van der Waals surface area contributed by atoms with E-state index in [0.717, 1.165) is 25.7 Å². The Bertz CT molecular complexity index is 391. The lowest BCUT2D eigenvalue weighted by molar-refractivity contribution is -0.145. The van der Waals surface area contributed by atoms with E-state index in [-0.39, 0.29) is 36.7 Å². The SMILES string of the molecule is C=C(CC=C(CCO)C(=O)O)C(=O)OC1CCCCC1. The van der Waals surface area contributed by atoms with Crippen molar-refractivity contribution in [3.05, 3.63) is 23.8 Å². The predicted octanol–water partition coefficient (Wildman–Crippen LogP) is 2.20. The summed E-state index contributed by atoms with van der Waals surface area (Å²) in [5.41, 5.74) is 0.325. The molecular formula is C15H22O5. The first-order chi connectivity index (χ1) is 9.54. The maximum absolute atomic E-state index is 11.8. The monoisotopic (exact) mass is 282 g/mol. The summed E-state index contributed by atoms with van der Waals surface area (Å²) in [5.74, 6) is -1.55. The third-order valence-corrected chi connectivity index (χ3v) is 3.37. The molecule has 0 unspecified atom stereocenters. The van der Waals surface area contributed by atoms with Gasteiger partial charge < -0.3 is 14.9 Å². The molecule has 0 heterocycles. The van der Waals surface area contributed by atoms with E-state index in [9.17, 15) is 9.59 Å². The molecule has 5 heteroatoms. The van der Waals surface area contributed by atoms with Crippen LogP contribution in [0.1, 0.15) is 44.9 Å². The molecule has 5 nitrogen and oxygen atoms in total. The smallest absolute Gasteiger partial charge is 0.333 e. The summed E-state index contributed by atoms with van der Waals surface area (Å²) in [4.78, 5) is 22.7. The minimum atomic E-state index is -1.09. The van der Waals surface area contributed by atoms with Crippen molar-refractivity contribution in [3.8, 4) is 0 Å². The van der Waals surface area contributed by atoms with Crippen LogP contribution in [0.3, 0.4) is 0 Å². The number of hydrogen-bond donors (Lipinski definition) is 2. The van der Waals surface area contributed by atoms with Gasteiger partial charge >= 0.3 is 11.9 Å². The molecule has 0 aromatic rings. The van der Waals surface area contributed by atoms with Gasteiger partial charge in [-0.25, -0.2) is 9.59 Å². The molecule has 0 amide bonds. The van der Waals surface area contributed by atoms with Gasteiger partial charge in [-0.3, -0.25) is 0 Å². The second-order valence-corrected chi connectivity index (χ2v) is 4.98. The van der Waals surface area contributed by atoms with Gasteiger partial charge in [0.05, 0.1) is 0 Å². The molecule has 20 heavy (non-hydrogen) atoms. The highest BCUT2D eigenvalue weighted by Crippen LogP contribution is 2.21. The van der Waals surface area contributed by atoms with E-state index in [1.54, 1.807) is 0 Å². The highest BCUT2D eigenvalue weighted by Gasteiger charge is 2.19. The van der Waals surface area contributed by atoms with Crippen LogP contribution in [0.25, 0.3) is 0 Å². The summed E-state index contributed by atoms with van der Waals surface area (Å²) in [6.07, 6.45) is 6.67. The van der Waals surface area contributed by atoms with Gasteiger partial charge in [0.2, 0.25) is 0 Å². The average molecular weight is 282 g/mol. The summed E-state index contributed by atoms with van der Waals surface area (Å²) in [7, 11) is 0. The van der Waals surface area contributed by atoms with Gasteiger partial charge in [0.1, 0.15) is 6.10 Å². The maximum Gasteiger partial charge on any atom is 0.333 e. The lowest BCUT2D eigenvalue weighted by Crippen LogP contribution is -2.21. The molecule has 0 spiro atoms. The van der Waals surface area contributed by atoms with Crippen LogP contribution in [0, 0.1) is 0 Å². The van der Waals surface area contributed by atoms with Crippen molar-refractivity contribution >= 4 is 11.9 Å². The van der Waals surface area contributed by atoms with E-state index in [0.29, 0.717) is 0 Å². The van der Waals surface area contributed by atoms with Crippen LogP contribution in [0.2, 0.25) is 0 Å². The van der Waals surface area contributed by atoms with E-state index in [1.807, 2.05) is 0 Å². The number of esters is 1. The third-order valence-electron chi connectivity index (χ3n) is 3.37. The Labute approximate surface area is 118 Å². The number of aliphatic hydroxyl groups excluding tert-OH is 1. The Balaban J connectivity index is 2.45. The first-order valence-corrected chi connectivity index (χ1v) is 6.96. The fourth-order valence-electron chi connectivity index (χ4n) is 2.16. The second-order valence-electron chi connectivity index (χ2n) is 4.98. The van der Waals surface area contributed by atoms with E-state index in [4.69, 9.17) is 14.9 Å². The third kappa shape index (κ3) is 5.57. The lowest BCUT2D eigenvalue weighted by Gasteiger charge is -2.22. The van der Waals surface area contributed by atoms with Crippen LogP contribution < -0.4 is 0 Å². The number of ether oxygens (including phenoxy) is 1. The molecule has 1 saturated carbocycles. The van der Waals surface area contributed by atoms with Crippen LogP contribution >= 0.6 is 0 Å². The Hall–Kier alpha value is -1.62. The van der Waals surface area contributed by atoms with E-state index < -0.39 is 11.9 Å². The molecule has 0 radical (unpaired) electrons. The molecule has 0 aromatic heterocycles. The molecule has 0 atom stereocenters. The normalized spacial score (nSPS) is 16.8. The minimum Gasteiger partial charge on any atom is -0.478 e. The zero-order valence-electron chi connectivity index (χ0n) is 11.6. The first-order valence-electron chi connectivity index (χ1n) is 6.96. The number of hydrogen-bond acceptors (Lipinski definition) is 4. The summed E-state index contributed by atoms with van der Waals surface area (Å²) in [6.45, 7) is 3.40. The molecule has 1 aliphatic rings. The fourth-order valence-corrected chi connectivity index (χ4v) is 2.16. The number of aliphatic hydroxyl groups is 1. The van der Waals surface area contributed by atoms with Gasteiger partial charge in [-0.2, -0.15) is 0 Å². The number of aliphatic carboxylic acids is 1. The van der Waals surface area contributed by atoms with E-state index >= 15 is 0 Å². The molecule has 1 rings (SSSR count). The van der Waals surface area contributed by atoms with Crippen LogP contribution in [0.4, 0.5) is 0 Å². The Morgan fingerprint density at radius 3 is 2.45 bits per heavy atom. The summed E-state index contributed by atoms with van der Waals surface area (Å²) >= 11 is 0. The number of rotatable bonds is 7. The largest absolute Gasteiger partial charge is 0.478 e. The second kappa shape index (κ2) is 8.53. The average Bonchev–Trinajstić information content (AvgIpc) is 2.43. The van der Waals surface area contributed by atoms with Gasteiger partial charge in [0, 0.05) is 24.2 Å². The van der Waals surface area contributed by atoms with E-state index in [1.165, 1.54) is 12.5 Å². The van der Waals surface area contributed by atoms with Crippen LogP contribution in [-0.4, -0.2) is 34.9 Å². The fraction of sp³-hybridized carbons (Fsp3) is 0.600. The van der Waals surface area contributed by atoms with Crippen molar-refractivity contribution in [2.45, 2.75) is 51.0 Å². The van der Waals surface area contributed by atoms with Crippen molar-refractivity contribution < 1.29 is 24.5 Å². The Morgan fingerprint density at radius 2 is 1.90 bits per heavy atom. The number of carbonyl (C=O) groups excluding carboxylic acids is 1. The van der Waals surface area contributed by atoms with Gasteiger partial charge in [0.15, 0.2) is 0 Å². The number of allylic oxidation sites excluding steroid dienone is 1. The number of carboxylic acid groups (broad SMARTS) is 1. The summed E-state index contributed by atoms with van der Waals surface area (Å²) in [6, 6.07) is 0. The van der Waals surface area contributed by atoms with Crippen LogP contribution in [0.15, 0.2) is 23.8 Å². The molecule has 0 bridgehead atoms. The van der Waals surface area contributed by atoms with Crippen LogP contribution in [0.5, 0.6) is 0 Å². The molecule has 0 aliphatic heterocycles. The number of carboxylic acids is 1. The number of carbonyl (C=O) groups is 2. The van der Waals surface area contributed by atoms with Crippen molar-refractivity contribution in [1.82, 2.24) is 0 Å². The zero-order chi connectivity index (χ0) is 15.0. The quantitative estimate of drug-likeness (QED) is 0.552. The Morgan fingerprint density at radius 1 is 1.25 bits per heavy atom. The molecule has 0 saturated heterocycles. The maximum atomic E-state index is 11.8. The predicted molar refractivity (Wildman–Crippen MR) is 74.1 cm³/mol. The van der Waals surface area contributed by atoms with E-state index in [2.05, 4.69) is 6.58 Å². The molecule has 112 valence electrons. The van der Waals surface area contributed by atoms with Crippen molar-refractivity contribution in [3.63, 3.8) is 0 Å². The van der Waals surface area contributed by atoms with Crippen LogP contribution in [-0.2, 0) is 14.3 Å². The summed E-state index contributed by atoms with van der Waals surface area (Å²) < 4.78 is 5.34. The standard InChI is InChI=1S/C15H22O5/c1-11(7-8-12(9-10-16)14(17)18)15(19)20-13-5-3-2-4-6-13/h8,13,16H,1-7,9-10H2,(H,17,18). The molecule has 0 aromatic carbocycles. The van der Waals surface area contributed by atoms with Crippen molar-refractivity contribution in [2.24, 2.45) is 0 Å². The zero-order valence-corrected chi connectivity index (χ0v) is 11.6. The Kier molecular flexibility index (Phi) is 7.01. The first kappa shape index (κ1) is 16.4. The van der Waals surface area contributed by atoms with Crippen molar-refractivity contribution in [2.75, 3.05) is 6.61 Å². The minimum absolute atomic E-state index is 0.0339. The highest BCUT2D eigenvalue weighted by molar-refractivity contribution is 5.89. The highest BCUT2D eigenvalue weighted by atomic mass is 16.5. The topological polar surface area (TPSA) is 83.8 Å². The molecular weight excluding hydrogens is 260 g/mol. The molecule has 1 aliphatic carbocycles.